The second-order valence-electron chi connectivity index (χ2n) is 20.6. The Morgan fingerprint density at radius 3 is 1.36 bits per heavy atom. The molecule has 1 heterocycles. The second kappa shape index (κ2) is 45.6. The molecule has 3 rings (SSSR count). The molecule has 0 fully saturated rings. The monoisotopic (exact) mass is 1040 g/mol. The van der Waals surface area contributed by atoms with Crippen LogP contribution < -0.4 is 0 Å². The van der Waals surface area contributed by atoms with Crippen LogP contribution in [0.2, 0.25) is 9.79 Å². The molecule has 69 heavy (non-hydrogen) atoms. The quantitative estimate of drug-likeness (QED) is 0.0274. The zero-order valence-electron chi connectivity index (χ0n) is 46.5. The fourth-order valence-corrected chi connectivity index (χ4v) is 12.0. The van der Waals surface area contributed by atoms with Crippen LogP contribution in [0.4, 0.5) is 0 Å². The third-order valence-electron chi connectivity index (χ3n) is 14.2. The number of rotatable bonds is 43. The van der Waals surface area contributed by atoms with Gasteiger partial charge in [0.2, 0.25) is 11.4 Å². The van der Waals surface area contributed by atoms with Gasteiger partial charge in [0.15, 0.2) is 0 Å². The van der Waals surface area contributed by atoms with Crippen LogP contribution >= 0.6 is 0 Å². The van der Waals surface area contributed by atoms with Crippen molar-refractivity contribution in [1.29, 1.82) is 0 Å². The van der Waals surface area contributed by atoms with Crippen molar-refractivity contribution in [3.05, 3.63) is 87.5 Å². The average Bonchev–Trinajstić information content (AvgIpc) is 3.64. The first-order valence-electron chi connectivity index (χ1n) is 30.1. The van der Waals surface area contributed by atoms with Crippen LogP contribution in [0.5, 0.6) is 0 Å². The van der Waals surface area contributed by atoms with Crippen molar-refractivity contribution in [1.82, 2.24) is 0 Å². The predicted molar refractivity (Wildman–Crippen MR) is 305 cm³/mol. The summed E-state index contributed by atoms with van der Waals surface area (Å²) in [4.78, 5) is 3.01. The molecule has 1 aliphatic rings. The van der Waals surface area contributed by atoms with Gasteiger partial charge in [-0.05, 0) is 80.7 Å². The number of hydrogen-bond donors (Lipinski definition) is 0. The summed E-state index contributed by atoms with van der Waals surface area (Å²) in [5.41, 5.74) is 22.1. The van der Waals surface area contributed by atoms with Crippen molar-refractivity contribution < 1.29 is 22.7 Å². The maximum absolute atomic E-state index is 12.3. The van der Waals surface area contributed by atoms with E-state index in [9.17, 15) is 5.53 Å². The van der Waals surface area contributed by atoms with Crippen LogP contribution in [0.15, 0.2) is 59.7 Å². The molecular formula is C66H110N2Pd. The topological polar surface area (TPSA) is 25.3 Å². The van der Waals surface area contributed by atoms with E-state index in [4.69, 9.17) is 0 Å². The van der Waals surface area contributed by atoms with Crippen LogP contribution in [0, 0.1) is 11.8 Å². The van der Waals surface area contributed by atoms with E-state index in [0.717, 1.165) is 92.7 Å². The third kappa shape index (κ3) is 29.8. The molecule has 0 aromatic heterocycles. The summed E-state index contributed by atoms with van der Waals surface area (Å²) in [7, 11) is 0. The van der Waals surface area contributed by atoms with Crippen molar-refractivity contribution in [2.75, 3.05) is 0 Å². The summed E-state index contributed by atoms with van der Waals surface area (Å²) in [5.74, 6) is 7.05. The van der Waals surface area contributed by atoms with Gasteiger partial charge in [-0.2, -0.15) is 0 Å². The van der Waals surface area contributed by atoms with Gasteiger partial charge in [0.1, 0.15) is 0 Å². The number of aryl methyl sites for hydroxylation is 2. The zero-order valence-corrected chi connectivity index (χ0v) is 48.1. The zero-order chi connectivity index (χ0) is 49.7. The molecule has 0 bridgehead atoms. The Labute approximate surface area is 439 Å². The second-order valence-corrected chi connectivity index (χ2v) is 22.9. The van der Waals surface area contributed by atoms with Crippen molar-refractivity contribution in [2.45, 2.75) is 308 Å². The summed E-state index contributed by atoms with van der Waals surface area (Å²) in [6.45, 7) is 13.7. The molecule has 0 amide bonds. The van der Waals surface area contributed by atoms with Crippen LogP contribution in [-0.4, -0.2) is 4.70 Å². The summed E-state index contributed by atoms with van der Waals surface area (Å²) in [6, 6.07) is 17.9. The van der Waals surface area contributed by atoms with Crippen molar-refractivity contribution in [3.8, 4) is 11.8 Å². The first kappa shape index (κ1) is 62.9. The van der Waals surface area contributed by atoms with Gasteiger partial charge in [-0.1, -0.05) is 225 Å². The van der Waals surface area contributed by atoms with Crippen LogP contribution in [0.25, 0.3) is 16.9 Å². The molecule has 394 valence electrons. The van der Waals surface area contributed by atoms with E-state index in [1.807, 2.05) is 0 Å². The molecule has 0 radical (unpaired) electrons. The Kier molecular flexibility index (Phi) is 41.5. The summed E-state index contributed by atoms with van der Waals surface area (Å²) in [6.07, 6.45) is 52.2. The minimum atomic E-state index is 0.865. The number of hydrogen-bond acceptors (Lipinski definition) is 0. The van der Waals surface area contributed by atoms with Crippen molar-refractivity contribution >= 4 is 11.4 Å². The fraction of sp³-hybridized carbons (Fsp3) is 0.727. The van der Waals surface area contributed by atoms with Crippen molar-refractivity contribution in [2.24, 2.45) is 0 Å². The van der Waals surface area contributed by atoms with Gasteiger partial charge in [0.05, 0.1) is 0 Å². The molecule has 0 unspecified atom stereocenters. The summed E-state index contributed by atoms with van der Waals surface area (Å²) < 4.78 is 1.60. The Hall–Kier alpha value is -2.26. The molecule has 0 spiro atoms. The van der Waals surface area contributed by atoms with E-state index >= 15 is 0 Å². The van der Waals surface area contributed by atoms with E-state index in [0.29, 0.717) is 0 Å². The molecule has 3 heteroatoms. The van der Waals surface area contributed by atoms with Gasteiger partial charge in [-0.15, -0.1) is 11.8 Å². The van der Waals surface area contributed by atoms with E-state index in [1.54, 1.807) is 4.70 Å². The van der Waals surface area contributed by atoms with Gasteiger partial charge in [-0.3, -0.25) is 0 Å². The van der Waals surface area contributed by atoms with E-state index in [1.165, 1.54) is 237 Å². The van der Waals surface area contributed by atoms with E-state index in [2.05, 4.69) is 102 Å². The Morgan fingerprint density at radius 1 is 0.391 bits per heavy atom. The van der Waals surface area contributed by atoms with Gasteiger partial charge in [-0.25, -0.2) is 4.70 Å². The third-order valence-corrected chi connectivity index (χ3v) is 16.4. The van der Waals surface area contributed by atoms with Gasteiger partial charge < -0.3 is 5.53 Å². The number of allylic oxidation sites excluding steroid dienone is 2. The maximum atomic E-state index is 12.3. The number of benzene rings is 2. The summed E-state index contributed by atoms with van der Waals surface area (Å²) >= 11 is 1.07. The number of nitrogens with zero attached hydrogens (tertiary/aromatic N) is 2. The first-order chi connectivity index (χ1) is 34.1. The van der Waals surface area contributed by atoms with Crippen molar-refractivity contribution in [3.63, 3.8) is 0 Å². The number of unbranched alkanes of at least 4 members (excludes halogenated alkanes) is 29. The minimum absolute atomic E-state index is 0.865. The first-order valence-corrected chi connectivity index (χ1v) is 32.3. The Balaban J connectivity index is 0.00000164. The standard InChI is InChI=1S/C58H92N2.2C4H9.Pd/c1-5-9-13-16-17-18-19-20-21-22-23-24-25-26-27-28-29-30-31-32-33-34-35-37-44-52-45-39-40-48-54(52)58-56(47-12-8-4)55(49-38-15-11-7-3)57(60(58)59)53-46-41-43-51(50-53)42-36-14-10-6-2;2*1-3-4-2;/h39-41,43,45-46,48,50H,5-33,36-38,42,44,47,49H2,1-4H3;2*1,3-4H2,2H3;. The fourth-order valence-electron chi connectivity index (χ4n) is 9.75. The van der Waals surface area contributed by atoms with Crippen LogP contribution in [-0.2, 0) is 30.8 Å². The molecule has 2 aromatic carbocycles. The Bertz CT molecular complexity index is 1660. The van der Waals surface area contributed by atoms with Gasteiger partial charge >= 0.3 is 67.3 Å². The molecule has 0 aliphatic carbocycles. The molecule has 0 atom stereocenters. The Morgan fingerprint density at radius 2 is 0.826 bits per heavy atom. The predicted octanol–water partition coefficient (Wildman–Crippen LogP) is 22.8. The normalized spacial score (nSPS) is 12.5. The van der Waals surface area contributed by atoms with Crippen LogP contribution in [0.1, 0.15) is 308 Å². The molecular weight excluding hydrogens is 927 g/mol. The molecule has 2 nitrogen and oxygen atoms in total. The molecule has 1 aliphatic heterocycles. The molecule has 2 aromatic rings. The molecule has 0 saturated heterocycles. The van der Waals surface area contributed by atoms with Gasteiger partial charge in [0.25, 0.3) is 0 Å². The average molecular weight is 1040 g/mol. The molecule has 0 saturated carbocycles. The SMILES string of the molecule is CCCCCCCCCCCCCCCCCCCCCCC#CCCc1ccccc1C1=C(CCCC)C(CCCCCC)=C(c2cccc(CCCCCC)c2)[N+]1=[N-].CCC[CH2][Pd][CH2]CCC. The summed E-state index contributed by atoms with van der Waals surface area (Å²) in [5, 5.41) is 0. The van der Waals surface area contributed by atoms with E-state index < -0.39 is 0 Å². The molecule has 0 N–H and O–H groups in total. The van der Waals surface area contributed by atoms with Gasteiger partial charge in [0, 0.05) is 35.1 Å². The van der Waals surface area contributed by atoms with Crippen LogP contribution in [0.3, 0.4) is 0 Å². The van der Waals surface area contributed by atoms with E-state index in [-0.39, 0.29) is 0 Å².